The molecule has 1 aliphatic rings. The van der Waals surface area contributed by atoms with E-state index in [1.54, 1.807) is 23.2 Å². The predicted octanol–water partition coefficient (Wildman–Crippen LogP) is 2.89. The molecule has 0 bridgehead atoms. The van der Waals surface area contributed by atoms with Gasteiger partial charge >= 0.3 is 0 Å². The molecule has 1 aromatic heterocycles. The van der Waals surface area contributed by atoms with Crippen LogP contribution >= 0.6 is 0 Å². The lowest BCUT2D eigenvalue weighted by atomic mass is 10.1. The molecule has 0 spiro atoms. The van der Waals surface area contributed by atoms with E-state index in [4.69, 9.17) is 9.47 Å². The number of piperazine rings is 1. The molecule has 9 nitrogen and oxygen atoms in total. The second kappa shape index (κ2) is 10.1. The molecule has 0 unspecified atom stereocenters. The van der Waals surface area contributed by atoms with Crippen LogP contribution in [0, 0.1) is 10.1 Å². The third-order valence-corrected chi connectivity index (χ3v) is 5.41. The number of anilines is 1. The minimum absolute atomic E-state index is 0.0181. The number of carbonyl (C=O) groups excluding carboxylic acids is 1. The average molecular weight is 436 g/mol. The predicted molar refractivity (Wildman–Crippen MR) is 120 cm³/mol. The highest BCUT2D eigenvalue weighted by Gasteiger charge is 2.24. The van der Waals surface area contributed by atoms with Gasteiger partial charge in [0.05, 0.1) is 16.9 Å². The number of pyridine rings is 1. The van der Waals surface area contributed by atoms with Crippen LogP contribution in [-0.2, 0) is 9.53 Å². The van der Waals surface area contributed by atoms with Gasteiger partial charge in [-0.15, -0.1) is 0 Å². The molecule has 9 heteroatoms. The van der Waals surface area contributed by atoms with Crippen LogP contribution in [-0.4, -0.2) is 66.7 Å². The molecule has 2 aromatic carbocycles. The van der Waals surface area contributed by atoms with Gasteiger partial charge in [-0.2, -0.15) is 0 Å². The number of amides is 1. The molecule has 0 saturated carbocycles. The Balaban J connectivity index is 1.27. The number of hydrogen-bond acceptors (Lipinski definition) is 7. The minimum atomic E-state index is -0.394. The van der Waals surface area contributed by atoms with E-state index in [1.807, 2.05) is 30.3 Å². The molecule has 1 aliphatic heterocycles. The van der Waals surface area contributed by atoms with E-state index in [-0.39, 0.29) is 18.2 Å². The number of nitrogens with zero attached hydrogens (tertiary/aromatic N) is 4. The zero-order valence-corrected chi connectivity index (χ0v) is 17.6. The fourth-order valence-electron chi connectivity index (χ4n) is 3.78. The van der Waals surface area contributed by atoms with E-state index in [9.17, 15) is 14.9 Å². The van der Waals surface area contributed by atoms with Crippen molar-refractivity contribution in [3.8, 4) is 5.75 Å². The lowest BCUT2D eigenvalue weighted by Crippen LogP contribution is -2.49. The summed E-state index contributed by atoms with van der Waals surface area (Å²) in [6, 6.07) is 14.5. The topological polar surface area (TPSA) is 98.0 Å². The van der Waals surface area contributed by atoms with Crippen molar-refractivity contribution in [2.24, 2.45) is 0 Å². The van der Waals surface area contributed by atoms with Crippen molar-refractivity contribution in [2.45, 2.75) is 0 Å². The molecule has 1 saturated heterocycles. The highest BCUT2D eigenvalue weighted by Crippen LogP contribution is 2.33. The molecule has 1 amide bonds. The van der Waals surface area contributed by atoms with E-state index >= 15 is 0 Å². The normalized spacial score (nSPS) is 13.9. The van der Waals surface area contributed by atoms with Crippen molar-refractivity contribution in [2.75, 3.05) is 50.9 Å². The van der Waals surface area contributed by atoms with Crippen LogP contribution in [0.25, 0.3) is 10.8 Å². The maximum absolute atomic E-state index is 12.5. The molecule has 3 aromatic rings. The van der Waals surface area contributed by atoms with Crippen molar-refractivity contribution in [1.82, 2.24) is 9.88 Å². The molecular weight excluding hydrogens is 412 g/mol. The lowest BCUT2D eigenvalue weighted by molar-refractivity contribution is -0.383. The smallest absolute Gasteiger partial charge is 0.278 e. The number of nitro groups is 1. The SMILES string of the molecule is O=C(COCCOc1ccccc1)N1CCN(c2ccc([N+](=O)[O-])c3cnccc23)CC1. The maximum atomic E-state index is 12.5. The summed E-state index contributed by atoms with van der Waals surface area (Å²) < 4.78 is 11.0. The first-order chi connectivity index (χ1) is 15.6. The van der Waals surface area contributed by atoms with Crippen molar-refractivity contribution in [3.63, 3.8) is 0 Å². The number of hydrogen-bond donors (Lipinski definition) is 0. The fourth-order valence-corrected chi connectivity index (χ4v) is 3.78. The molecule has 0 atom stereocenters. The second-order valence-corrected chi connectivity index (χ2v) is 7.36. The average Bonchev–Trinajstić information content (AvgIpc) is 2.83. The fraction of sp³-hybridized carbons (Fsp3) is 0.304. The van der Waals surface area contributed by atoms with E-state index < -0.39 is 4.92 Å². The molecule has 1 fully saturated rings. The first-order valence-corrected chi connectivity index (χ1v) is 10.4. The number of carbonyl (C=O) groups is 1. The molecule has 0 N–H and O–H groups in total. The van der Waals surface area contributed by atoms with Gasteiger partial charge in [0.1, 0.15) is 19.0 Å². The van der Waals surface area contributed by atoms with Gasteiger partial charge < -0.3 is 19.3 Å². The third-order valence-electron chi connectivity index (χ3n) is 5.41. The summed E-state index contributed by atoms with van der Waals surface area (Å²) in [5.74, 6) is 0.718. The van der Waals surface area contributed by atoms with Crippen LogP contribution in [0.15, 0.2) is 60.9 Å². The Morgan fingerprint density at radius 3 is 2.53 bits per heavy atom. The Morgan fingerprint density at radius 1 is 1.00 bits per heavy atom. The van der Waals surface area contributed by atoms with Gasteiger partial charge in [-0.1, -0.05) is 18.2 Å². The van der Waals surface area contributed by atoms with Gasteiger partial charge in [0, 0.05) is 55.7 Å². The third kappa shape index (κ3) is 4.94. The van der Waals surface area contributed by atoms with Crippen molar-refractivity contribution < 1.29 is 19.2 Å². The maximum Gasteiger partial charge on any atom is 0.278 e. The first-order valence-electron chi connectivity index (χ1n) is 10.4. The van der Waals surface area contributed by atoms with Crippen molar-refractivity contribution in [3.05, 3.63) is 71.0 Å². The summed E-state index contributed by atoms with van der Waals surface area (Å²) >= 11 is 0. The Labute approximate surface area is 185 Å². The lowest BCUT2D eigenvalue weighted by Gasteiger charge is -2.36. The van der Waals surface area contributed by atoms with Gasteiger partial charge in [0.2, 0.25) is 5.91 Å². The van der Waals surface area contributed by atoms with Gasteiger partial charge in [0.25, 0.3) is 5.69 Å². The summed E-state index contributed by atoms with van der Waals surface area (Å²) in [7, 11) is 0. The molecule has 166 valence electrons. The van der Waals surface area contributed by atoms with Gasteiger partial charge in [0.15, 0.2) is 0 Å². The zero-order valence-electron chi connectivity index (χ0n) is 17.6. The van der Waals surface area contributed by atoms with E-state index in [1.165, 1.54) is 12.3 Å². The second-order valence-electron chi connectivity index (χ2n) is 7.36. The van der Waals surface area contributed by atoms with Crippen LogP contribution in [0.5, 0.6) is 5.75 Å². The monoisotopic (exact) mass is 436 g/mol. The number of rotatable bonds is 8. The molecule has 0 radical (unpaired) electrons. The number of ether oxygens (including phenoxy) is 2. The van der Waals surface area contributed by atoms with Crippen LogP contribution in [0.1, 0.15) is 0 Å². The highest BCUT2D eigenvalue weighted by atomic mass is 16.6. The Bertz CT molecular complexity index is 1080. The van der Waals surface area contributed by atoms with E-state index in [0.717, 1.165) is 16.8 Å². The summed E-state index contributed by atoms with van der Waals surface area (Å²) in [6.07, 6.45) is 3.16. The van der Waals surface area contributed by atoms with E-state index in [2.05, 4.69) is 9.88 Å². The van der Waals surface area contributed by atoms with Crippen LogP contribution in [0.4, 0.5) is 11.4 Å². The quantitative estimate of drug-likeness (QED) is 0.304. The summed E-state index contributed by atoms with van der Waals surface area (Å²) in [4.78, 5) is 31.4. The molecule has 2 heterocycles. The molecule has 4 rings (SSSR count). The number of aromatic nitrogens is 1. The summed E-state index contributed by atoms with van der Waals surface area (Å²) in [5.41, 5.74) is 0.952. The summed E-state index contributed by atoms with van der Waals surface area (Å²) in [5, 5.41) is 12.6. The van der Waals surface area contributed by atoms with Crippen molar-refractivity contribution >= 4 is 28.1 Å². The largest absolute Gasteiger partial charge is 0.491 e. The number of para-hydroxylation sites is 1. The van der Waals surface area contributed by atoms with Crippen LogP contribution < -0.4 is 9.64 Å². The van der Waals surface area contributed by atoms with E-state index in [0.29, 0.717) is 44.8 Å². The highest BCUT2D eigenvalue weighted by molar-refractivity contribution is 5.99. The van der Waals surface area contributed by atoms with Gasteiger partial charge in [-0.3, -0.25) is 19.9 Å². The Morgan fingerprint density at radius 2 is 1.78 bits per heavy atom. The zero-order chi connectivity index (χ0) is 22.3. The van der Waals surface area contributed by atoms with Gasteiger partial charge in [-0.25, -0.2) is 0 Å². The number of fused-ring (bicyclic) bond motifs is 1. The Hall–Kier alpha value is -3.72. The Kier molecular flexibility index (Phi) is 6.76. The molecular formula is C23H24N4O5. The number of nitro benzene ring substituents is 1. The van der Waals surface area contributed by atoms with Crippen LogP contribution in [0.3, 0.4) is 0 Å². The van der Waals surface area contributed by atoms with Gasteiger partial charge in [-0.05, 0) is 24.3 Å². The van der Waals surface area contributed by atoms with Crippen molar-refractivity contribution in [1.29, 1.82) is 0 Å². The summed E-state index contributed by atoms with van der Waals surface area (Å²) in [6.45, 7) is 3.13. The number of benzene rings is 2. The van der Waals surface area contributed by atoms with Crippen LogP contribution in [0.2, 0.25) is 0 Å². The molecule has 0 aliphatic carbocycles. The standard InChI is InChI=1S/C23H24N4O5/c28-23(17-31-14-15-32-18-4-2-1-3-5-18)26-12-10-25(11-13-26)21-6-7-22(27(29)30)20-16-24-9-8-19(20)21/h1-9,16H,10-15,17H2. The molecule has 32 heavy (non-hydrogen) atoms. The number of non-ortho nitro benzene ring substituents is 1. The minimum Gasteiger partial charge on any atom is -0.491 e. The first kappa shape index (κ1) is 21.5.